The fourth-order valence-electron chi connectivity index (χ4n) is 2.43. The van der Waals surface area contributed by atoms with E-state index in [1.165, 1.54) is 11.2 Å². The molecule has 1 atom stereocenters. The molecule has 3 rings (SSSR count). The first-order chi connectivity index (χ1) is 10.2. The van der Waals surface area contributed by atoms with Gasteiger partial charge in [0.15, 0.2) is 11.6 Å². The summed E-state index contributed by atoms with van der Waals surface area (Å²) in [5.41, 5.74) is 1.54. The summed E-state index contributed by atoms with van der Waals surface area (Å²) in [7, 11) is 0. The van der Waals surface area contributed by atoms with Crippen LogP contribution in [0.15, 0.2) is 29.4 Å². The van der Waals surface area contributed by atoms with Crippen LogP contribution in [0.5, 0.6) is 0 Å². The molecule has 110 valence electrons. The number of hydrogen-bond acceptors (Lipinski definition) is 4. The maximum absolute atomic E-state index is 14.3. The number of rotatable bonds is 3. The van der Waals surface area contributed by atoms with Gasteiger partial charge in [-0.05, 0) is 36.6 Å². The highest BCUT2D eigenvalue weighted by molar-refractivity contribution is 7.99. The number of anilines is 1. The van der Waals surface area contributed by atoms with Crippen LogP contribution in [0.3, 0.4) is 0 Å². The Morgan fingerprint density at radius 2 is 2.29 bits per heavy atom. The van der Waals surface area contributed by atoms with Gasteiger partial charge in [0.2, 0.25) is 0 Å². The Hall–Kier alpha value is -1.33. The van der Waals surface area contributed by atoms with Crippen molar-refractivity contribution in [3.63, 3.8) is 0 Å². The number of aryl methyl sites for hydroxylation is 1. The molecule has 2 heterocycles. The van der Waals surface area contributed by atoms with Crippen LogP contribution in [0, 0.1) is 5.82 Å². The first kappa shape index (κ1) is 14.6. The molecule has 0 saturated heterocycles. The number of halogens is 2. The molecular weight excluding hydrogens is 309 g/mol. The number of nitrogens with one attached hydrogen (secondary N) is 1. The number of hydrogen-bond donors (Lipinski definition) is 1. The molecule has 0 saturated carbocycles. The predicted octanol–water partition coefficient (Wildman–Crippen LogP) is 4.48. The normalized spacial score (nSPS) is 17.4. The molecule has 1 aliphatic heterocycles. The van der Waals surface area contributed by atoms with E-state index in [-0.39, 0.29) is 17.7 Å². The zero-order valence-corrected chi connectivity index (χ0v) is 13.1. The largest absolute Gasteiger partial charge is 0.361 e. The van der Waals surface area contributed by atoms with Crippen LogP contribution in [0.1, 0.15) is 30.6 Å². The highest BCUT2D eigenvalue weighted by Gasteiger charge is 2.23. The van der Waals surface area contributed by atoms with E-state index in [0.29, 0.717) is 17.1 Å². The van der Waals surface area contributed by atoms with Gasteiger partial charge in [-0.3, -0.25) is 0 Å². The smallest absolute Gasteiger partial charge is 0.186 e. The van der Waals surface area contributed by atoms with Crippen molar-refractivity contribution in [3.8, 4) is 0 Å². The van der Waals surface area contributed by atoms with Crippen LogP contribution in [-0.4, -0.2) is 15.7 Å². The highest BCUT2D eigenvalue weighted by atomic mass is 35.5. The standard InChI is InChI=1S/C15H15ClFN3S/c1-2-11-14(17)15(19-8-18-11)20-12-5-6-21-13-4-3-9(16)7-10(12)13/h3-4,7-8,12H,2,5-6H2,1H3,(H,18,19,20). The van der Waals surface area contributed by atoms with Crippen molar-refractivity contribution in [1.82, 2.24) is 9.97 Å². The number of benzene rings is 1. The second-order valence-corrected chi connectivity index (χ2v) is 6.43. The summed E-state index contributed by atoms with van der Waals surface area (Å²) in [5.74, 6) is 0.895. The third-order valence-electron chi connectivity index (χ3n) is 3.52. The van der Waals surface area contributed by atoms with Crippen molar-refractivity contribution in [3.05, 3.63) is 46.6 Å². The average Bonchev–Trinajstić information content (AvgIpc) is 2.50. The summed E-state index contributed by atoms with van der Waals surface area (Å²) in [6, 6.07) is 5.87. The van der Waals surface area contributed by atoms with E-state index in [0.717, 1.165) is 17.7 Å². The van der Waals surface area contributed by atoms with Gasteiger partial charge in [0, 0.05) is 15.7 Å². The summed E-state index contributed by atoms with van der Waals surface area (Å²) >= 11 is 7.89. The molecule has 2 aromatic rings. The Morgan fingerprint density at radius 3 is 3.10 bits per heavy atom. The number of thioether (sulfide) groups is 1. The van der Waals surface area contributed by atoms with Gasteiger partial charge in [-0.15, -0.1) is 11.8 Å². The quantitative estimate of drug-likeness (QED) is 0.903. The van der Waals surface area contributed by atoms with Gasteiger partial charge < -0.3 is 5.32 Å². The van der Waals surface area contributed by atoms with Crippen LogP contribution in [0.2, 0.25) is 5.02 Å². The maximum atomic E-state index is 14.3. The van der Waals surface area contributed by atoms with Gasteiger partial charge in [0.05, 0.1) is 11.7 Å². The minimum Gasteiger partial charge on any atom is -0.361 e. The molecule has 0 bridgehead atoms. The van der Waals surface area contributed by atoms with Crippen LogP contribution in [0.25, 0.3) is 0 Å². The molecule has 1 aromatic carbocycles. The number of fused-ring (bicyclic) bond motifs is 1. The summed E-state index contributed by atoms with van der Waals surface area (Å²) in [4.78, 5) is 9.19. The third kappa shape index (κ3) is 2.99. The summed E-state index contributed by atoms with van der Waals surface area (Å²) in [5, 5.41) is 3.90. The SMILES string of the molecule is CCc1ncnc(NC2CCSc3ccc(Cl)cc32)c1F. The summed E-state index contributed by atoms with van der Waals surface area (Å²) in [6.45, 7) is 1.88. The van der Waals surface area contributed by atoms with Crippen molar-refractivity contribution < 1.29 is 4.39 Å². The molecular formula is C15H15ClFN3S. The van der Waals surface area contributed by atoms with Gasteiger partial charge in [-0.1, -0.05) is 18.5 Å². The fourth-order valence-corrected chi connectivity index (χ4v) is 3.72. The molecule has 0 radical (unpaired) electrons. The summed E-state index contributed by atoms with van der Waals surface area (Å²) < 4.78 is 14.3. The summed E-state index contributed by atoms with van der Waals surface area (Å²) in [6.07, 6.45) is 2.86. The first-order valence-corrected chi connectivity index (χ1v) is 8.23. The predicted molar refractivity (Wildman–Crippen MR) is 84.5 cm³/mol. The van der Waals surface area contributed by atoms with Crippen molar-refractivity contribution >= 4 is 29.2 Å². The minimum absolute atomic E-state index is 0.0223. The molecule has 6 heteroatoms. The first-order valence-electron chi connectivity index (χ1n) is 6.87. The van der Waals surface area contributed by atoms with E-state index in [2.05, 4.69) is 15.3 Å². The monoisotopic (exact) mass is 323 g/mol. The van der Waals surface area contributed by atoms with E-state index >= 15 is 0 Å². The highest BCUT2D eigenvalue weighted by Crippen LogP contribution is 2.39. The Morgan fingerprint density at radius 1 is 1.43 bits per heavy atom. The lowest BCUT2D eigenvalue weighted by Gasteiger charge is -2.26. The Labute approximate surface area is 132 Å². The van der Waals surface area contributed by atoms with E-state index in [9.17, 15) is 4.39 Å². The molecule has 3 nitrogen and oxygen atoms in total. The lowest BCUT2D eigenvalue weighted by molar-refractivity contribution is 0.590. The average molecular weight is 324 g/mol. The van der Waals surface area contributed by atoms with E-state index in [1.54, 1.807) is 11.8 Å². The van der Waals surface area contributed by atoms with Crippen LogP contribution >= 0.6 is 23.4 Å². The molecule has 1 aromatic heterocycles. The third-order valence-corrected chi connectivity index (χ3v) is 4.88. The zero-order chi connectivity index (χ0) is 14.8. The Bertz CT molecular complexity index is 665. The fraction of sp³-hybridized carbons (Fsp3) is 0.333. The van der Waals surface area contributed by atoms with Crippen molar-refractivity contribution in [2.45, 2.75) is 30.7 Å². The second-order valence-electron chi connectivity index (χ2n) is 4.85. The van der Waals surface area contributed by atoms with Crippen molar-refractivity contribution in [1.29, 1.82) is 0 Å². The molecule has 0 spiro atoms. The minimum atomic E-state index is -0.359. The molecule has 0 amide bonds. The van der Waals surface area contributed by atoms with Crippen LogP contribution < -0.4 is 5.32 Å². The molecule has 0 fully saturated rings. The second kappa shape index (κ2) is 6.20. The molecule has 21 heavy (non-hydrogen) atoms. The van der Waals surface area contributed by atoms with Crippen LogP contribution in [-0.2, 0) is 6.42 Å². The molecule has 1 unspecified atom stereocenters. The Balaban J connectivity index is 1.92. The zero-order valence-electron chi connectivity index (χ0n) is 11.6. The molecule has 1 N–H and O–H groups in total. The Kier molecular flexibility index (Phi) is 4.31. The molecule has 0 aliphatic carbocycles. The van der Waals surface area contributed by atoms with E-state index in [1.807, 2.05) is 25.1 Å². The van der Waals surface area contributed by atoms with Gasteiger partial charge in [-0.2, -0.15) is 0 Å². The number of nitrogens with zero attached hydrogens (tertiary/aromatic N) is 2. The van der Waals surface area contributed by atoms with E-state index < -0.39 is 0 Å². The number of aromatic nitrogens is 2. The van der Waals surface area contributed by atoms with Gasteiger partial charge >= 0.3 is 0 Å². The van der Waals surface area contributed by atoms with Crippen LogP contribution in [0.4, 0.5) is 10.2 Å². The maximum Gasteiger partial charge on any atom is 0.186 e. The van der Waals surface area contributed by atoms with E-state index in [4.69, 9.17) is 11.6 Å². The lowest BCUT2D eigenvalue weighted by atomic mass is 10.0. The topological polar surface area (TPSA) is 37.8 Å². The van der Waals surface area contributed by atoms with Crippen molar-refractivity contribution in [2.24, 2.45) is 0 Å². The van der Waals surface area contributed by atoms with Gasteiger partial charge in [0.1, 0.15) is 6.33 Å². The van der Waals surface area contributed by atoms with Gasteiger partial charge in [0.25, 0.3) is 0 Å². The van der Waals surface area contributed by atoms with Gasteiger partial charge in [-0.25, -0.2) is 14.4 Å². The lowest BCUT2D eigenvalue weighted by Crippen LogP contribution is -2.18. The van der Waals surface area contributed by atoms with Crippen molar-refractivity contribution in [2.75, 3.05) is 11.1 Å². The molecule has 1 aliphatic rings.